The van der Waals surface area contributed by atoms with Crippen LogP contribution in [0.25, 0.3) is 11.2 Å². The predicted molar refractivity (Wildman–Crippen MR) is 186 cm³/mol. The van der Waals surface area contributed by atoms with Crippen LogP contribution in [0.3, 0.4) is 0 Å². The predicted octanol–water partition coefficient (Wildman–Crippen LogP) is 1.63. The van der Waals surface area contributed by atoms with E-state index in [1.165, 1.54) is 6.33 Å². The fourth-order valence-electron chi connectivity index (χ4n) is 6.25. The normalized spacial score (nSPS) is 21.7. The Bertz CT molecular complexity index is 1800. The van der Waals surface area contributed by atoms with Crippen LogP contribution in [-0.2, 0) is 19.6 Å². The number of carbonyl (C=O) groups excluding carboxylic acids is 1. The highest BCUT2D eigenvalue weighted by Gasteiger charge is 2.62. The van der Waals surface area contributed by atoms with Crippen LogP contribution >= 0.6 is 0 Å². The first-order valence-corrected chi connectivity index (χ1v) is 17.9. The Balaban J connectivity index is 1.57. The van der Waals surface area contributed by atoms with Gasteiger partial charge in [-0.1, -0.05) is 89.2 Å². The van der Waals surface area contributed by atoms with Gasteiger partial charge in [-0.2, -0.15) is 0 Å². The molecule has 1 saturated heterocycles. The number of nitrogens with zero attached hydrogens (tertiary/aromatic N) is 4. The van der Waals surface area contributed by atoms with Crippen LogP contribution in [0.4, 0.5) is 5.82 Å². The Morgan fingerprint density at radius 2 is 1.59 bits per heavy atom. The smallest absolute Gasteiger partial charge is 0.256 e. The number of benzene rings is 3. The second-order valence-corrected chi connectivity index (χ2v) is 16.0. The number of rotatable bonds is 12. The number of aliphatic hydroxyl groups is 3. The molecule has 0 aliphatic carbocycles. The minimum atomic E-state index is -2.74. The summed E-state index contributed by atoms with van der Waals surface area (Å²) in [5.41, 5.74) is 0.560. The van der Waals surface area contributed by atoms with Gasteiger partial charge in [0.2, 0.25) is 0 Å². The summed E-state index contributed by atoms with van der Waals surface area (Å²) in [7, 11) is -2.74. The number of hydrogen-bond donors (Lipinski definition) is 4. The molecule has 1 amide bonds. The largest absolute Gasteiger partial charge is 0.394 e. The topological polar surface area (TPSA) is 161 Å². The zero-order valence-electron chi connectivity index (χ0n) is 27.6. The van der Waals surface area contributed by atoms with Crippen molar-refractivity contribution in [2.24, 2.45) is 0 Å². The van der Waals surface area contributed by atoms with Crippen molar-refractivity contribution in [2.45, 2.75) is 56.1 Å². The number of fused-ring (bicyclic) bond motifs is 1. The van der Waals surface area contributed by atoms with Crippen LogP contribution < -0.4 is 15.7 Å². The molecule has 2 aromatic heterocycles. The van der Waals surface area contributed by atoms with Crippen LogP contribution in [0, 0.1) is 0 Å². The standard InChI is InChI=1S/C36H41N5O7Si/c1-35(2,3)47-21-28-30(44)31(46-20-25(43)19-42)36(48-28,49(26-15-9-5-10-16-26)27-17-11-6-12-18-27)41-23-39-29-32(37-22-38-33(29)41)40-34(45)24-13-7-4-8-14-24/h4-18,22-23,25,28,30-31,42-44,49H,19-21H2,1-3H3,(H,37,38,40,45)/t25?,28-,30-,31-,36+/m1/s1. The second kappa shape index (κ2) is 14.6. The van der Waals surface area contributed by atoms with E-state index >= 15 is 0 Å². The Morgan fingerprint density at radius 1 is 0.980 bits per heavy atom. The SMILES string of the molecule is CC(C)(C)OC[C@H]1O[C@](n2cnc3c(NC(=O)c4ccccc4)ncnc32)([SiH](c2ccccc2)c2ccccc2)[C@H](OCC(O)CO)[C@@H]1O. The molecule has 0 spiro atoms. The van der Waals surface area contributed by atoms with E-state index in [0.717, 1.165) is 10.4 Å². The number of nitrogens with one attached hydrogen (secondary N) is 1. The Labute approximate surface area is 286 Å². The van der Waals surface area contributed by atoms with Crippen LogP contribution in [0.15, 0.2) is 104 Å². The molecule has 12 nitrogen and oxygen atoms in total. The molecule has 49 heavy (non-hydrogen) atoms. The highest BCUT2D eigenvalue weighted by Crippen LogP contribution is 2.42. The summed E-state index contributed by atoms with van der Waals surface area (Å²) in [6, 6.07) is 28.6. The van der Waals surface area contributed by atoms with Crippen molar-refractivity contribution in [3.05, 3.63) is 109 Å². The van der Waals surface area contributed by atoms with Gasteiger partial charge in [-0.05, 0) is 32.9 Å². The molecule has 3 heterocycles. The fraction of sp³-hybridized carbons (Fsp3) is 0.333. The van der Waals surface area contributed by atoms with Gasteiger partial charge >= 0.3 is 0 Å². The van der Waals surface area contributed by atoms with E-state index in [2.05, 4.69) is 15.3 Å². The number of ether oxygens (including phenoxy) is 3. The van der Waals surface area contributed by atoms with Gasteiger partial charge in [0.05, 0.1) is 31.7 Å². The lowest BCUT2D eigenvalue weighted by molar-refractivity contribution is -0.131. The molecule has 0 saturated carbocycles. The molecule has 5 atom stereocenters. The van der Waals surface area contributed by atoms with Gasteiger partial charge in [-0.25, -0.2) is 15.0 Å². The molecule has 1 unspecified atom stereocenters. The van der Waals surface area contributed by atoms with Gasteiger partial charge in [0, 0.05) is 5.56 Å². The van der Waals surface area contributed by atoms with Gasteiger partial charge in [0.15, 0.2) is 31.1 Å². The molecule has 4 N–H and O–H groups in total. The minimum Gasteiger partial charge on any atom is -0.394 e. The number of anilines is 1. The van der Waals surface area contributed by atoms with Crippen molar-refractivity contribution in [1.82, 2.24) is 19.5 Å². The first-order valence-electron chi connectivity index (χ1n) is 16.2. The van der Waals surface area contributed by atoms with E-state index in [4.69, 9.17) is 19.2 Å². The van der Waals surface area contributed by atoms with Gasteiger partial charge in [0.1, 0.15) is 30.7 Å². The lowest BCUT2D eigenvalue weighted by atomic mass is 10.1. The quantitative estimate of drug-likeness (QED) is 0.142. The van der Waals surface area contributed by atoms with E-state index in [9.17, 15) is 20.1 Å². The van der Waals surface area contributed by atoms with Crippen LogP contribution in [0.5, 0.6) is 0 Å². The average molecular weight is 684 g/mol. The van der Waals surface area contributed by atoms with Gasteiger partial charge in [0.25, 0.3) is 5.91 Å². The lowest BCUT2D eigenvalue weighted by Gasteiger charge is -2.42. The van der Waals surface area contributed by atoms with E-state index in [1.54, 1.807) is 35.2 Å². The van der Waals surface area contributed by atoms with Crippen molar-refractivity contribution < 1.29 is 34.3 Å². The molecular weight excluding hydrogens is 643 g/mol. The molecule has 0 bridgehead atoms. The number of aromatic nitrogens is 4. The minimum absolute atomic E-state index is 0.0412. The maximum absolute atomic E-state index is 13.2. The summed E-state index contributed by atoms with van der Waals surface area (Å²) in [6.45, 7) is 5.00. The number of amides is 1. The summed E-state index contributed by atoms with van der Waals surface area (Å²) in [4.78, 5) is 26.9. The monoisotopic (exact) mass is 683 g/mol. The van der Waals surface area contributed by atoms with Gasteiger partial charge in [-0.3, -0.25) is 9.36 Å². The van der Waals surface area contributed by atoms with Crippen molar-refractivity contribution in [3.8, 4) is 0 Å². The first kappa shape index (κ1) is 34.5. The first-order chi connectivity index (χ1) is 23.6. The fourth-order valence-corrected chi connectivity index (χ4v) is 10.2. The summed E-state index contributed by atoms with van der Waals surface area (Å²) < 4.78 is 21.5. The van der Waals surface area contributed by atoms with E-state index in [0.29, 0.717) is 16.7 Å². The Morgan fingerprint density at radius 3 is 2.18 bits per heavy atom. The van der Waals surface area contributed by atoms with Crippen LogP contribution in [0.2, 0.25) is 0 Å². The summed E-state index contributed by atoms with van der Waals surface area (Å²) in [6.07, 6.45) is -1.48. The highest BCUT2D eigenvalue weighted by atomic mass is 28.3. The van der Waals surface area contributed by atoms with E-state index in [1.807, 2.05) is 87.5 Å². The van der Waals surface area contributed by atoms with Crippen molar-refractivity contribution in [2.75, 3.05) is 25.1 Å². The van der Waals surface area contributed by atoms with Gasteiger partial charge in [-0.15, -0.1) is 0 Å². The summed E-state index contributed by atoms with van der Waals surface area (Å²) in [5, 5.41) is 35.6. The molecule has 1 fully saturated rings. The number of aliphatic hydroxyl groups excluding tert-OH is 3. The number of carbonyl (C=O) groups is 1. The Kier molecular flexibility index (Phi) is 10.3. The third-order valence-electron chi connectivity index (χ3n) is 8.46. The second-order valence-electron chi connectivity index (χ2n) is 13.0. The molecule has 1 aliphatic rings. The Hall–Kier alpha value is -4.34. The van der Waals surface area contributed by atoms with E-state index < -0.39 is 50.8 Å². The van der Waals surface area contributed by atoms with E-state index in [-0.39, 0.29) is 24.9 Å². The molecule has 5 aromatic rings. The average Bonchev–Trinajstić information content (AvgIpc) is 3.67. The molecular formula is C36H41N5O7Si. The number of hydrogen-bond acceptors (Lipinski definition) is 10. The van der Waals surface area contributed by atoms with Crippen molar-refractivity contribution >= 4 is 42.1 Å². The zero-order chi connectivity index (χ0) is 34.6. The molecule has 13 heteroatoms. The summed E-state index contributed by atoms with van der Waals surface area (Å²) in [5.74, 6) is -0.165. The maximum Gasteiger partial charge on any atom is 0.256 e. The maximum atomic E-state index is 13.2. The van der Waals surface area contributed by atoms with Crippen molar-refractivity contribution in [3.63, 3.8) is 0 Å². The molecule has 0 radical (unpaired) electrons. The highest BCUT2D eigenvalue weighted by molar-refractivity contribution is 6.86. The third-order valence-corrected chi connectivity index (χ3v) is 12.1. The summed E-state index contributed by atoms with van der Waals surface area (Å²) >= 11 is 0. The molecule has 1 aliphatic heterocycles. The zero-order valence-corrected chi connectivity index (χ0v) is 28.7. The molecule has 6 rings (SSSR count). The number of imidazole rings is 1. The van der Waals surface area contributed by atoms with Gasteiger partial charge < -0.3 is 34.8 Å². The van der Waals surface area contributed by atoms with Crippen molar-refractivity contribution in [1.29, 1.82) is 0 Å². The molecule has 256 valence electrons. The molecule has 3 aromatic carbocycles. The van der Waals surface area contributed by atoms with Crippen LogP contribution in [-0.4, -0.2) is 99.4 Å². The lowest BCUT2D eigenvalue weighted by Crippen LogP contribution is -2.67. The van der Waals surface area contributed by atoms with Crippen LogP contribution in [0.1, 0.15) is 31.1 Å². The third kappa shape index (κ3) is 7.19.